The fourth-order valence-corrected chi connectivity index (χ4v) is 3.88. The maximum Gasteiger partial charge on any atom is 0.349 e. The first-order valence-electron chi connectivity index (χ1n) is 7.38. The van der Waals surface area contributed by atoms with Crippen molar-refractivity contribution in [1.29, 1.82) is 0 Å². The summed E-state index contributed by atoms with van der Waals surface area (Å²) in [6.07, 6.45) is -0.612. The van der Waals surface area contributed by atoms with Crippen LogP contribution in [0.4, 0.5) is 0 Å². The van der Waals surface area contributed by atoms with E-state index in [1.807, 2.05) is 24.3 Å². The number of carbonyl (C=O) groups is 2. The molecule has 1 aromatic carbocycles. The number of ether oxygens (including phenoxy) is 3. The van der Waals surface area contributed by atoms with Crippen molar-refractivity contribution >= 4 is 23.3 Å². The summed E-state index contributed by atoms with van der Waals surface area (Å²) in [4.78, 5) is 25.4. The van der Waals surface area contributed by atoms with E-state index in [9.17, 15) is 9.59 Å². The average Bonchev–Trinajstić information content (AvgIpc) is 3.11. The summed E-state index contributed by atoms with van der Waals surface area (Å²) in [5.41, 5.74) is 1.94. The molecule has 0 spiro atoms. The van der Waals surface area contributed by atoms with Gasteiger partial charge in [-0.1, -0.05) is 12.1 Å². The lowest BCUT2D eigenvalue weighted by Gasteiger charge is -2.16. The van der Waals surface area contributed by atoms with Gasteiger partial charge in [0.05, 0.1) is 0 Å². The zero-order valence-electron chi connectivity index (χ0n) is 12.4. The van der Waals surface area contributed by atoms with Gasteiger partial charge in [-0.25, -0.2) is 9.59 Å². The second-order valence-corrected chi connectivity index (χ2v) is 6.68. The Balaban J connectivity index is 1.59. The highest BCUT2D eigenvalue weighted by atomic mass is 32.1. The van der Waals surface area contributed by atoms with E-state index >= 15 is 0 Å². The van der Waals surface area contributed by atoms with Gasteiger partial charge in [0.2, 0.25) is 6.10 Å². The van der Waals surface area contributed by atoms with Crippen molar-refractivity contribution in [2.75, 3.05) is 0 Å². The Morgan fingerprint density at radius 3 is 2.96 bits per heavy atom. The molecule has 23 heavy (non-hydrogen) atoms. The number of rotatable bonds is 2. The molecular weight excluding hydrogens is 316 g/mol. The highest BCUT2D eigenvalue weighted by molar-refractivity contribution is 7.17. The molecule has 0 unspecified atom stereocenters. The first-order valence-corrected chi connectivity index (χ1v) is 8.20. The van der Waals surface area contributed by atoms with Gasteiger partial charge in [0, 0.05) is 22.4 Å². The van der Waals surface area contributed by atoms with Crippen LogP contribution in [-0.4, -0.2) is 24.1 Å². The van der Waals surface area contributed by atoms with Crippen LogP contribution < -0.4 is 4.74 Å². The van der Waals surface area contributed by atoms with Crippen molar-refractivity contribution in [3.05, 3.63) is 40.8 Å². The summed E-state index contributed by atoms with van der Waals surface area (Å²) in [5, 5.41) is 0. The second kappa shape index (κ2) is 5.38. The number of hydrogen-bond acceptors (Lipinski definition) is 6. The molecule has 0 N–H and O–H groups in total. The third-order valence-corrected chi connectivity index (χ3v) is 5.09. The van der Waals surface area contributed by atoms with Crippen molar-refractivity contribution in [2.45, 2.75) is 32.2 Å². The Bertz CT molecular complexity index is 794. The molecule has 0 radical (unpaired) electrons. The van der Waals surface area contributed by atoms with E-state index in [-0.39, 0.29) is 6.10 Å². The zero-order valence-corrected chi connectivity index (χ0v) is 13.2. The number of esters is 2. The Morgan fingerprint density at radius 2 is 2.17 bits per heavy atom. The lowest BCUT2D eigenvalue weighted by molar-refractivity contribution is -0.147. The van der Waals surface area contributed by atoms with Crippen molar-refractivity contribution in [1.82, 2.24) is 0 Å². The fourth-order valence-electron chi connectivity index (χ4n) is 2.80. The van der Waals surface area contributed by atoms with E-state index in [4.69, 9.17) is 14.2 Å². The number of cyclic esters (lactones) is 1. The predicted octanol–water partition coefficient (Wildman–Crippen LogP) is 3.17. The van der Waals surface area contributed by atoms with E-state index < -0.39 is 18.0 Å². The topological polar surface area (TPSA) is 61.8 Å². The molecule has 2 aliphatic rings. The summed E-state index contributed by atoms with van der Waals surface area (Å²) >= 11 is 1.36. The largest absolute Gasteiger partial charge is 0.488 e. The third kappa shape index (κ3) is 2.49. The average molecular weight is 330 g/mol. The number of carbonyl (C=O) groups excluding carboxylic acids is 2. The molecule has 0 saturated carbocycles. The second-order valence-electron chi connectivity index (χ2n) is 5.63. The number of fused-ring (bicyclic) bond motifs is 3. The van der Waals surface area contributed by atoms with E-state index in [0.717, 1.165) is 21.8 Å². The van der Waals surface area contributed by atoms with Crippen LogP contribution in [0.3, 0.4) is 0 Å². The van der Waals surface area contributed by atoms with Crippen molar-refractivity contribution in [2.24, 2.45) is 0 Å². The van der Waals surface area contributed by atoms with Gasteiger partial charge in [-0.3, -0.25) is 0 Å². The van der Waals surface area contributed by atoms with Crippen LogP contribution in [0, 0.1) is 0 Å². The Kier molecular flexibility index (Phi) is 3.34. The van der Waals surface area contributed by atoms with Gasteiger partial charge in [0.1, 0.15) is 23.3 Å². The van der Waals surface area contributed by atoms with Crippen LogP contribution >= 0.6 is 11.3 Å². The molecule has 2 aliphatic heterocycles. The number of benzene rings is 1. The van der Waals surface area contributed by atoms with E-state index in [2.05, 4.69) is 0 Å². The molecule has 0 amide bonds. The summed E-state index contributed by atoms with van der Waals surface area (Å²) in [6.45, 7) is 2.21. The molecule has 3 heterocycles. The Morgan fingerprint density at radius 1 is 1.35 bits per heavy atom. The molecule has 118 valence electrons. The highest BCUT2D eigenvalue weighted by Crippen LogP contribution is 2.42. The van der Waals surface area contributed by atoms with E-state index in [1.54, 1.807) is 13.0 Å². The molecule has 5 nitrogen and oxygen atoms in total. The van der Waals surface area contributed by atoms with Crippen molar-refractivity contribution in [3.63, 3.8) is 0 Å². The van der Waals surface area contributed by atoms with Crippen LogP contribution in [0.15, 0.2) is 30.3 Å². The van der Waals surface area contributed by atoms with Gasteiger partial charge in [0.25, 0.3) is 0 Å². The molecule has 0 bridgehead atoms. The summed E-state index contributed by atoms with van der Waals surface area (Å²) in [6, 6.07) is 9.51. The van der Waals surface area contributed by atoms with Crippen molar-refractivity contribution < 1.29 is 23.8 Å². The molecule has 4 rings (SSSR count). The maximum absolute atomic E-state index is 12.3. The molecule has 2 aromatic rings. The Hall–Kier alpha value is -2.34. The first-order chi connectivity index (χ1) is 11.1. The van der Waals surface area contributed by atoms with Crippen LogP contribution in [0.25, 0.3) is 10.4 Å². The van der Waals surface area contributed by atoms with E-state index in [1.165, 1.54) is 11.3 Å². The maximum atomic E-state index is 12.3. The lowest BCUT2D eigenvalue weighted by atomic mass is 10.1. The van der Waals surface area contributed by atoms with Crippen molar-refractivity contribution in [3.8, 4) is 16.2 Å². The lowest BCUT2D eigenvalue weighted by Crippen LogP contribution is -2.22. The SMILES string of the molecule is C[C@H]1C[C@@H](OC(=O)c2cc3c(s2)-c2ccccc2OC3)C(=O)O1. The van der Waals surface area contributed by atoms with Crippen LogP contribution in [0.2, 0.25) is 0 Å². The van der Waals surface area contributed by atoms with Crippen LogP contribution in [0.1, 0.15) is 28.6 Å². The molecular formula is C17H14O5S. The highest BCUT2D eigenvalue weighted by Gasteiger charge is 2.36. The molecule has 1 aromatic heterocycles. The molecule has 1 fully saturated rings. The predicted molar refractivity (Wildman–Crippen MR) is 83.5 cm³/mol. The van der Waals surface area contributed by atoms with Gasteiger partial charge in [-0.05, 0) is 25.1 Å². The summed E-state index contributed by atoms with van der Waals surface area (Å²) in [7, 11) is 0. The quantitative estimate of drug-likeness (QED) is 0.792. The van der Waals surface area contributed by atoms with Gasteiger partial charge in [0.15, 0.2) is 0 Å². The number of thiophene rings is 1. The van der Waals surface area contributed by atoms with Gasteiger partial charge < -0.3 is 14.2 Å². The standard InChI is InChI=1S/C17H14O5S/c1-9-6-13(16(18)21-9)22-17(19)14-7-10-8-20-12-5-3-2-4-11(12)15(10)23-14/h2-5,7,9,13H,6,8H2,1H3/t9-,13+/m0/s1. The van der Waals surface area contributed by atoms with Gasteiger partial charge >= 0.3 is 11.9 Å². The minimum absolute atomic E-state index is 0.211. The third-order valence-electron chi connectivity index (χ3n) is 3.90. The number of hydrogen-bond donors (Lipinski definition) is 0. The molecule has 2 atom stereocenters. The summed E-state index contributed by atoms with van der Waals surface area (Å²) in [5.74, 6) is -0.145. The van der Waals surface area contributed by atoms with E-state index in [0.29, 0.717) is 17.9 Å². The smallest absolute Gasteiger partial charge is 0.349 e. The summed E-state index contributed by atoms with van der Waals surface area (Å²) < 4.78 is 16.0. The molecule has 0 aliphatic carbocycles. The Labute approximate surface area is 136 Å². The van der Waals surface area contributed by atoms with Gasteiger partial charge in [-0.2, -0.15) is 0 Å². The normalized spacial score (nSPS) is 21.9. The minimum atomic E-state index is -0.805. The monoisotopic (exact) mass is 330 g/mol. The van der Waals surface area contributed by atoms with Crippen LogP contribution in [-0.2, 0) is 20.9 Å². The number of para-hydroxylation sites is 1. The first kappa shape index (κ1) is 14.3. The van der Waals surface area contributed by atoms with Crippen LogP contribution in [0.5, 0.6) is 5.75 Å². The van der Waals surface area contributed by atoms with Gasteiger partial charge in [-0.15, -0.1) is 11.3 Å². The zero-order chi connectivity index (χ0) is 16.0. The molecule has 6 heteroatoms. The minimum Gasteiger partial charge on any atom is -0.488 e. The fraction of sp³-hybridized carbons (Fsp3) is 0.294. The molecule has 1 saturated heterocycles.